The number of nitro groups is 1. The number of rotatable bonds is 7. The van der Waals surface area contributed by atoms with Gasteiger partial charge in [0.2, 0.25) is 0 Å². The number of nitro benzene ring substituents is 1. The van der Waals surface area contributed by atoms with Gasteiger partial charge in [0, 0.05) is 30.9 Å². The van der Waals surface area contributed by atoms with Crippen molar-refractivity contribution in [3.05, 3.63) is 28.3 Å². The quantitative estimate of drug-likeness (QED) is 0.608. The normalized spacial score (nSPS) is 11.8. The Hall–Kier alpha value is -2.31. The molecule has 1 aromatic rings. The Morgan fingerprint density at radius 2 is 2.15 bits per heavy atom. The third-order valence-corrected chi connectivity index (χ3v) is 2.99. The lowest BCUT2D eigenvalue weighted by atomic mass is 10.1. The SMILES string of the molecule is CCN(CC(C)C(=O)O)c1cc(OC)cc([N+](=O)[O-])c1. The van der Waals surface area contributed by atoms with Gasteiger partial charge in [0.15, 0.2) is 0 Å². The van der Waals surface area contributed by atoms with E-state index in [9.17, 15) is 14.9 Å². The zero-order chi connectivity index (χ0) is 15.3. The minimum absolute atomic E-state index is 0.0826. The smallest absolute Gasteiger partial charge is 0.308 e. The van der Waals surface area contributed by atoms with E-state index in [0.717, 1.165) is 0 Å². The molecule has 0 aliphatic rings. The van der Waals surface area contributed by atoms with E-state index < -0.39 is 16.8 Å². The van der Waals surface area contributed by atoms with Crippen molar-refractivity contribution in [2.24, 2.45) is 5.92 Å². The summed E-state index contributed by atoms with van der Waals surface area (Å²) in [6, 6.07) is 4.41. The molecular formula is C13H18N2O5. The number of carboxylic acid groups (broad SMARTS) is 1. The number of nitrogens with zero attached hydrogens (tertiary/aromatic N) is 2. The molecule has 1 N–H and O–H groups in total. The molecule has 0 saturated carbocycles. The molecule has 0 saturated heterocycles. The Morgan fingerprint density at radius 3 is 2.60 bits per heavy atom. The molecule has 0 aliphatic carbocycles. The number of hydrogen-bond acceptors (Lipinski definition) is 5. The first-order chi connectivity index (χ1) is 9.38. The number of benzene rings is 1. The predicted molar refractivity (Wildman–Crippen MR) is 74.3 cm³/mol. The Labute approximate surface area is 116 Å². The monoisotopic (exact) mass is 282 g/mol. The van der Waals surface area contributed by atoms with Crippen molar-refractivity contribution in [1.82, 2.24) is 0 Å². The molecule has 1 unspecified atom stereocenters. The van der Waals surface area contributed by atoms with Crippen molar-refractivity contribution in [2.45, 2.75) is 13.8 Å². The fourth-order valence-electron chi connectivity index (χ4n) is 1.80. The number of anilines is 1. The zero-order valence-electron chi connectivity index (χ0n) is 11.7. The molecule has 1 rings (SSSR count). The van der Waals surface area contributed by atoms with E-state index in [4.69, 9.17) is 9.84 Å². The minimum atomic E-state index is -0.902. The summed E-state index contributed by atoms with van der Waals surface area (Å²) < 4.78 is 5.05. The molecule has 7 nitrogen and oxygen atoms in total. The van der Waals surface area contributed by atoms with E-state index in [2.05, 4.69) is 0 Å². The van der Waals surface area contributed by atoms with Gasteiger partial charge in [-0.25, -0.2) is 0 Å². The van der Waals surface area contributed by atoms with Gasteiger partial charge in [-0.05, 0) is 6.92 Å². The van der Waals surface area contributed by atoms with Gasteiger partial charge in [-0.3, -0.25) is 14.9 Å². The van der Waals surface area contributed by atoms with E-state index in [1.807, 2.05) is 6.92 Å². The molecule has 0 amide bonds. The number of carboxylic acids is 1. The van der Waals surface area contributed by atoms with E-state index >= 15 is 0 Å². The highest BCUT2D eigenvalue weighted by molar-refractivity contribution is 5.70. The van der Waals surface area contributed by atoms with E-state index in [0.29, 0.717) is 18.0 Å². The van der Waals surface area contributed by atoms with Crippen LogP contribution in [-0.4, -0.2) is 36.2 Å². The standard InChI is InChI=1S/C13H18N2O5/c1-4-14(8-9(2)13(16)17)10-5-11(15(18)19)7-12(6-10)20-3/h5-7,9H,4,8H2,1-3H3,(H,16,17). The van der Waals surface area contributed by atoms with Crippen LogP contribution in [0.4, 0.5) is 11.4 Å². The molecule has 0 aliphatic heterocycles. The zero-order valence-corrected chi connectivity index (χ0v) is 11.7. The fraction of sp³-hybridized carbons (Fsp3) is 0.462. The van der Waals surface area contributed by atoms with Crippen LogP contribution in [0.1, 0.15) is 13.8 Å². The third-order valence-electron chi connectivity index (χ3n) is 2.99. The maximum Gasteiger partial charge on any atom is 0.308 e. The second-order valence-corrected chi connectivity index (χ2v) is 4.42. The van der Waals surface area contributed by atoms with Crippen molar-refractivity contribution in [1.29, 1.82) is 0 Å². The molecule has 7 heteroatoms. The van der Waals surface area contributed by atoms with Gasteiger partial charge in [-0.1, -0.05) is 6.92 Å². The molecule has 0 fully saturated rings. The van der Waals surface area contributed by atoms with E-state index in [-0.39, 0.29) is 12.2 Å². The molecule has 0 heterocycles. The van der Waals surface area contributed by atoms with Gasteiger partial charge in [-0.15, -0.1) is 0 Å². The number of ether oxygens (including phenoxy) is 1. The van der Waals surface area contributed by atoms with Crippen LogP contribution in [0.5, 0.6) is 5.75 Å². The van der Waals surface area contributed by atoms with Gasteiger partial charge in [0.1, 0.15) is 5.75 Å². The average molecular weight is 282 g/mol. The molecule has 0 spiro atoms. The highest BCUT2D eigenvalue weighted by atomic mass is 16.6. The number of carbonyl (C=O) groups is 1. The number of hydrogen-bond donors (Lipinski definition) is 1. The van der Waals surface area contributed by atoms with Crippen LogP contribution in [0, 0.1) is 16.0 Å². The number of aliphatic carboxylic acids is 1. The first-order valence-corrected chi connectivity index (χ1v) is 6.20. The van der Waals surface area contributed by atoms with Gasteiger partial charge in [-0.2, -0.15) is 0 Å². The largest absolute Gasteiger partial charge is 0.496 e. The molecule has 1 atom stereocenters. The average Bonchev–Trinajstić information content (AvgIpc) is 2.43. The Kier molecular flexibility index (Phi) is 5.31. The van der Waals surface area contributed by atoms with Crippen LogP contribution >= 0.6 is 0 Å². The summed E-state index contributed by atoms with van der Waals surface area (Å²) in [5.74, 6) is -1.10. The van der Waals surface area contributed by atoms with E-state index in [1.165, 1.54) is 19.2 Å². The van der Waals surface area contributed by atoms with Gasteiger partial charge >= 0.3 is 5.97 Å². The maximum absolute atomic E-state index is 10.9. The van der Waals surface area contributed by atoms with Crippen LogP contribution in [0.15, 0.2) is 18.2 Å². The molecule has 110 valence electrons. The summed E-state index contributed by atoms with van der Waals surface area (Å²) in [6.07, 6.45) is 0. The van der Waals surface area contributed by atoms with Gasteiger partial charge < -0.3 is 14.7 Å². The number of non-ortho nitro benzene ring substituents is 1. The summed E-state index contributed by atoms with van der Waals surface area (Å²) in [7, 11) is 1.43. The topological polar surface area (TPSA) is 92.9 Å². The van der Waals surface area contributed by atoms with Crippen molar-refractivity contribution < 1.29 is 19.6 Å². The van der Waals surface area contributed by atoms with Crippen molar-refractivity contribution >= 4 is 17.3 Å². The molecule has 20 heavy (non-hydrogen) atoms. The summed E-state index contributed by atoms with van der Waals surface area (Å²) in [6.45, 7) is 4.28. The first kappa shape index (κ1) is 15.7. The second kappa shape index (κ2) is 6.74. The summed E-state index contributed by atoms with van der Waals surface area (Å²) in [4.78, 5) is 23.1. The lowest BCUT2D eigenvalue weighted by Crippen LogP contribution is -2.31. The second-order valence-electron chi connectivity index (χ2n) is 4.42. The minimum Gasteiger partial charge on any atom is -0.496 e. The Bertz CT molecular complexity index is 504. The predicted octanol–water partition coefficient (Wildman–Crippen LogP) is 2.15. The molecule has 0 aromatic heterocycles. The van der Waals surface area contributed by atoms with Crippen molar-refractivity contribution in [3.8, 4) is 5.75 Å². The highest BCUT2D eigenvalue weighted by Gasteiger charge is 2.18. The van der Waals surface area contributed by atoms with Crippen LogP contribution in [0.2, 0.25) is 0 Å². The Balaban J connectivity index is 3.10. The summed E-state index contributed by atoms with van der Waals surface area (Å²) >= 11 is 0. The third kappa shape index (κ3) is 3.84. The van der Waals surface area contributed by atoms with Crippen molar-refractivity contribution in [2.75, 3.05) is 25.1 Å². The van der Waals surface area contributed by atoms with Crippen molar-refractivity contribution in [3.63, 3.8) is 0 Å². The van der Waals surface area contributed by atoms with Crippen LogP contribution in [0.25, 0.3) is 0 Å². The molecule has 0 radical (unpaired) electrons. The first-order valence-electron chi connectivity index (χ1n) is 6.20. The number of methoxy groups -OCH3 is 1. The van der Waals surface area contributed by atoms with Gasteiger partial charge in [0.05, 0.1) is 24.0 Å². The lowest BCUT2D eigenvalue weighted by Gasteiger charge is -2.25. The lowest BCUT2D eigenvalue weighted by molar-refractivity contribution is -0.384. The van der Waals surface area contributed by atoms with Crippen LogP contribution in [0.3, 0.4) is 0 Å². The fourth-order valence-corrected chi connectivity index (χ4v) is 1.80. The molecular weight excluding hydrogens is 264 g/mol. The highest BCUT2D eigenvalue weighted by Crippen LogP contribution is 2.28. The maximum atomic E-state index is 10.9. The molecule has 0 bridgehead atoms. The van der Waals surface area contributed by atoms with Crippen LogP contribution in [-0.2, 0) is 4.79 Å². The Morgan fingerprint density at radius 1 is 1.50 bits per heavy atom. The molecule has 1 aromatic carbocycles. The van der Waals surface area contributed by atoms with E-state index in [1.54, 1.807) is 17.9 Å². The summed E-state index contributed by atoms with van der Waals surface area (Å²) in [5.41, 5.74) is 0.493. The van der Waals surface area contributed by atoms with Gasteiger partial charge in [0.25, 0.3) is 5.69 Å². The summed E-state index contributed by atoms with van der Waals surface area (Å²) in [5, 5.41) is 19.9. The van der Waals surface area contributed by atoms with Crippen LogP contribution < -0.4 is 9.64 Å².